The number of hydrogen-bond acceptors (Lipinski definition) is 1. The minimum atomic E-state index is -3.75. The van der Waals surface area contributed by atoms with Crippen molar-refractivity contribution >= 4 is 7.60 Å². The van der Waals surface area contributed by atoms with Crippen molar-refractivity contribution in [3.05, 3.63) is 12.2 Å². The van der Waals surface area contributed by atoms with Gasteiger partial charge in [-0.25, -0.2) is 0 Å². The van der Waals surface area contributed by atoms with Gasteiger partial charge in [0.2, 0.25) is 0 Å². The monoisotopic (exact) mass is 176 g/mol. The van der Waals surface area contributed by atoms with E-state index in [9.17, 15) is 4.57 Å². The molecular formula is C7H13O3P. The van der Waals surface area contributed by atoms with E-state index in [-0.39, 0.29) is 6.16 Å². The second-order valence-corrected chi connectivity index (χ2v) is 4.76. The smallest absolute Gasteiger partial charge is 0.324 e. The third-order valence-corrected chi connectivity index (χ3v) is 2.77. The summed E-state index contributed by atoms with van der Waals surface area (Å²) in [6.07, 6.45) is 6.81. The van der Waals surface area contributed by atoms with Crippen LogP contribution in [0.15, 0.2) is 12.2 Å². The van der Waals surface area contributed by atoms with Crippen molar-refractivity contribution in [1.29, 1.82) is 0 Å². The summed E-state index contributed by atoms with van der Waals surface area (Å²) in [5.74, 6) is 0.475. The molecule has 0 spiro atoms. The SMILES string of the molecule is O=P(O)(O)CCC1CC=CC1. The molecule has 0 radical (unpaired) electrons. The van der Waals surface area contributed by atoms with Gasteiger partial charge in [-0.1, -0.05) is 12.2 Å². The molecule has 0 saturated heterocycles. The molecule has 2 N–H and O–H groups in total. The maximum atomic E-state index is 10.5. The maximum absolute atomic E-state index is 10.5. The van der Waals surface area contributed by atoms with Crippen LogP contribution in [0.2, 0.25) is 0 Å². The summed E-state index contributed by atoms with van der Waals surface area (Å²) in [7, 11) is -3.75. The van der Waals surface area contributed by atoms with Crippen LogP contribution < -0.4 is 0 Å². The first-order valence-corrected chi connectivity index (χ1v) is 5.57. The van der Waals surface area contributed by atoms with Crippen molar-refractivity contribution in [1.82, 2.24) is 0 Å². The summed E-state index contributed by atoms with van der Waals surface area (Å²) in [5.41, 5.74) is 0. The topological polar surface area (TPSA) is 57.5 Å². The molecule has 0 saturated carbocycles. The lowest BCUT2D eigenvalue weighted by molar-refractivity contribution is 0.366. The third kappa shape index (κ3) is 3.71. The lowest BCUT2D eigenvalue weighted by Crippen LogP contribution is -1.98. The van der Waals surface area contributed by atoms with Crippen LogP contribution in [0.4, 0.5) is 0 Å². The van der Waals surface area contributed by atoms with E-state index in [2.05, 4.69) is 12.2 Å². The summed E-state index contributed by atoms with van der Waals surface area (Å²) in [6, 6.07) is 0. The first kappa shape index (κ1) is 8.98. The van der Waals surface area contributed by atoms with E-state index in [0.29, 0.717) is 12.3 Å². The van der Waals surface area contributed by atoms with E-state index >= 15 is 0 Å². The molecule has 0 bridgehead atoms. The Morgan fingerprint density at radius 2 is 1.91 bits per heavy atom. The lowest BCUT2D eigenvalue weighted by Gasteiger charge is -2.08. The van der Waals surface area contributed by atoms with Crippen molar-refractivity contribution in [2.45, 2.75) is 19.3 Å². The molecule has 0 heterocycles. The molecule has 64 valence electrons. The molecule has 1 aliphatic carbocycles. The molecule has 0 aromatic carbocycles. The van der Waals surface area contributed by atoms with Gasteiger partial charge in [0.15, 0.2) is 0 Å². The molecule has 3 nitrogen and oxygen atoms in total. The van der Waals surface area contributed by atoms with Gasteiger partial charge in [-0.15, -0.1) is 0 Å². The Morgan fingerprint density at radius 3 is 2.36 bits per heavy atom. The molecular weight excluding hydrogens is 163 g/mol. The van der Waals surface area contributed by atoms with Crippen molar-refractivity contribution in [2.75, 3.05) is 6.16 Å². The van der Waals surface area contributed by atoms with Crippen LogP contribution in [-0.2, 0) is 4.57 Å². The molecule has 4 heteroatoms. The highest BCUT2D eigenvalue weighted by Crippen LogP contribution is 2.37. The van der Waals surface area contributed by atoms with Crippen LogP contribution in [0, 0.1) is 5.92 Å². The van der Waals surface area contributed by atoms with Gasteiger partial charge >= 0.3 is 7.60 Å². The van der Waals surface area contributed by atoms with Gasteiger partial charge in [-0.2, -0.15) is 0 Å². The molecule has 0 fully saturated rings. The number of hydrogen-bond donors (Lipinski definition) is 2. The average molecular weight is 176 g/mol. The molecule has 0 aromatic heterocycles. The molecule has 0 amide bonds. The summed E-state index contributed by atoms with van der Waals surface area (Å²) < 4.78 is 10.5. The average Bonchev–Trinajstić information content (AvgIpc) is 2.32. The first-order chi connectivity index (χ1) is 5.08. The molecule has 1 aliphatic rings. The van der Waals surface area contributed by atoms with Gasteiger partial charge < -0.3 is 9.79 Å². The highest BCUT2D eigenvalue weighted by atomic mass is 31.2. The van der Waals surface area contributed by atoms with Gasteiger partial charge in [0.05, 0.1) is 6.16 Å². The van der Waals surface area contributed by atoms with Crippen molar-refractivity contribution in [2.24, 2.45) is 5.92 Å². The van der Waals surface area contributed by atoms with Gasteiger partial charge in [-0.3, -0.25) is 4.57 Å². The number of rotatable bonds is 3. The van der Waals surface area contributed by atoms with Crippen LogP contribution in [0.3, 0.4) is 0 Å². The van der Waals surface area contributed by atoms with E-state index in [1.54, 1.807) is 0 Å². The molecule has 11 heavy (non-hydrogen) atoms. The molecule has 0 aromatic rings. The Labute approximate surface area is 66.3 Å². The highest BCUT2D eigenvalue weighted by Gasteiger charge is 2.17. The second kappa shape index (κ2) is 3.53. The minimum Gasteiger partial charge on any atom is -0.324 e. The summed E-state index contributed by atoms with van der Waals surface area (Å²) in [6.45, 7) is 0. The largest absolute Gasteiger partial charge is 0.325 e. The maximum Gasteiger partial charge on any atom is 0.325 e. The van der Waals surface area contributed by atoms with Crippen LogP contribution >= 0.6 is 7.60 Å². The van der Waals surface area contributed by atoms with E-state index in [4.69, 9.17) is 9.79 Å². The highest BCUT2D eigenvalue weighted by molar-refractivity contribution is 7.51. The minimum absolute atomic E-state index is 0.0410. The van der Waals surface area contributed by atoms with E-state index in [0.717, 1.165) is 12.8 Å². The fraction of sp³-hybridized carbons (Fsp3) is 0.714. The Bertz CT molecular complexity index is 186. The van der Waals surface area contributed by atoms with E-state index in [1.807, 2.05) is 0 Å². The predicted octanol–water partition coefficient (Wildman–Crippen LogP) is 1.52. The standard InChI is InChI=1S/C7H13O3P/c8-11(9,10)6-5-7-3-1-2-4-7/h1-2,7H,3-6H2,(H2,8,9,10). The molecule has 0 aliphatic heterocycles. The lowest BCUT2D eigenvalue weighted by atomic mass is 10.1. The zero-order valence-corrected chi connectivity index (χ0v) is 7.20. The third-order valence-electron chi connectivity index (χ3n) is 1.93. The molecule has 0 atom stereocenters. The Kier molecular flexibility index (Phi) is 2.88. The fourth-order valence-corrected chi connectivity index (χ4v) is 1.96. The van der Waals surface area contributed by atoms with Crippen LogP contribution in [0.5, 0.6) is 0 Å². The van der Waals surface area contributed by atoms with Crippen LogP contribution in [-0.4, -0.2) is 15.9 Å². The Morgan fingerprint density at radius 1 is 1.36 bits per heavy atom. The van der Waals surface area contributed by atoms with Crippen LogP contribution in [0.1, 0.15) is 19.3 Å². The van der Waals surface area contributed by atoms with E-state index in [1.165, 1.54) is 0 Å². The van der Waals surface area contributed by atoms with Crippen LogP contribution in [0.25, 0.3) is 0 Å². The van der Waals surface area contributed by atoms with Gasteiger partial charge in [0, 0.05) is 0 Å². The summed E-state index contributed by atoms with van der Waals surface area (Å²) in [4.78, 5) is 17.1. The van der Waals surface area contributed by atoms with E-state index < -0.39 is 7.60 Å². The van der Waals surface area contributed by atoms with Gasteiger partial charge in [0.25, 0.3) is 0 Å². The molecule has 0 unspecified atom stereocenters. The molecule has 1 rings (SSSR count). The summed E-state index contributed by atoms with van der Waals surface area (Å²) >= 11 is 0. The first-order valence-electron chi connectivity index (χ1n) is 3.77. The second-order valence-electron chi connectivity index (χ2n) is 2.99. The van der Waals surface area contributed by atoms with Crippen molar-refractivity contribution in [3.63, 3.8) is 0 Å². The van der Waals surface area contributed by atoms with Crippen molar-refractivity contribution in [3.8, 4) is 0 Å². The van der Waals surface area contributed by atoms with Crippen molar-refractivity contribution < 1.29 is 14.4 Å². The zero-order chi connectivity index (χ0) is 8.32. The summed E-state index contributed by atoms with van der Waals surface area (Å²) in [5, 5.41) is 0. The Hall–Kier alpha value is -0.110. The van der Waals surface area contributed by atoms with Gasteiger partial charge in [0.1, 0.15) is 0 Å². The predicted molar refractivity (Wildman–Crippen MR) is 43.4 cm³/mol. The number of allylic oxidation sites excluding steroid dienone is 2. The quantitative estimate of drug-likeness (QED) is 0.506. The van der Waals surface area contributed by atoms with Gasteiger partial charge in [-0.05, 0) is 25.2 Å². The Balaban J connectivity index is 2.18. The fourth-order valence-electron chi connectivity index (χ4n) is 1.26. The normalized spacial score (nSPS) is 19.5. The zero-order valence-electron chi connectivity index (χ0n) is 6.31.